The quantitative estimate of drug-likeness (QED) is 0.675. The molecule has 3 rings (SSSR count). The van der Waals surface area contributed by atoms with Crippen LogP contribution in [-0.4, -0.2) is 19.3 Å². The zero-order valence-corrected chi connectivity index (χ0v) is 17.8. The summed E-state index contributed by atoms with van der Waals surface area (Å²) in [7, 11) is -4.09. The molecule has 1 aliphatic rings. The number of rotatable bonds is 7. The van der Waals surface area contributed by atoms with Gasteiger partial charge in [-0.1, -0.05) is 57.2 Å². The number of allylic oxidation sites excluding steroid dienone is 1. The lowest BCUT2D eigenvalue weighted by molar-refractivity contribution is -0.128. The van der Waals surface area contributed by atoms with E-state index in [4.69, 9.17) is 0 Å². The molecule has 0 saturated heterocycles. The molecule has 1 fully saturated rings. The van der Waals surface area contributed by atoms with E-state index in [1.807, 2.05) is 51.1 Å². The van der Waals surface area contributed by atoms with E-state index in [9.17, 15) is 13.2 Å². The first-order valence-corrected chi connectivity index (χ1v) is 11.0. The third-order valence-corrected chi connectivity index (χ3v) is 7.00. The Labute approximate surface area is 172 Å². The molecule has 6 nitrogen and oxygen atoms in total. The van der Waals surface area contributed by atoms with Crippen LogP contribution in [0.25, 0.3) is 0 Å². The summed E-state index contributed by atoms with van der Waals surface area (Å²) in [5, 5.41) is 3.06. The van der Waals surface area contributed by atoms with Crippen molar-refractivity contribution in [2.45, 2.75) is 38.6 Å². The van der Waals surface area contributed by atoms with E-state index in [-0.39, 0.29) is 16.6 Å². The number of nitrogens with zero attached hydrogens (tertiary/aromatic N) is 1. The summed E-state index contributed by atoms with van der Waals surface area (Å²) >= 11 is 0. The number of amides is 1. The second-order valence-corrected chi connectivity index (χ2v) is 10.0. The molecular weight excluding hydrogens is 386 g/mol. The van der Waals surface area contributed by atoms with Gasteiger partial charge < -0.3 is 5.32 Å². The fraction of sp³-hybridized carbons (Fsp3) is 0.364. The molecule has 2 atom stereocenters. The summed E-state index contributed by atoms with van der Waals surface area (Å²) in [5.41, 5.74) is -0.180. The number of sulfonamides is 1. The van der Waals surface area contributed by atoms with E-state index in [0.717, 1.165) is 5.56 Å². The van der Waals surface area contributed by atoms with Gasteiger partial charge in [-0.05, 0) is 35.4 Å². The second-order valence-electron chi connectivity index (χ2n) is 8.39. The van der Waals surface area contributed by atoms with Crippen LogP contribution in [0.2, 0.25) is 0 Å². The number of hydrogen-bond acceptors (Lipinski definition) is 5. The van der Waals surface area contributed by atoms with Gasteiger partial charge in [0, 0.05) is 12.7 Å². The van der Waals surface area contributed by atoms with Crippen molar-refractivity contribution in [3.63, 3.8) is 0 Å². The maximum absolute atomic E-state index is 13.0. The molecule has 0 radical (unpaired) electrons. The monoisotopic (exact) mass is 413 g/mol. The normalized spacial score (nSPS) is 21.3. The number of anilines is 1. The molecule has 2 aromatic rings. The van der Waals surface area contributed by atoms with Gasteiger partial charge in [0.15, 0.2) is 0 Å². The van der Waals surface area contributed by atoms with Crippen molar-refractivity contribution < 1.29 is 13.2 Å². The van der Waals surface area contributed by atoms with Gasteiger partial charge in [-0.25, -0.2) is 18.1 Å². The largest absolute Gasteiger partial charge is 0.365 e. The number of carbonyl (C=O) groups is 1. The minimum absolute atomic E-state index is 0.0396. The van der Waals surface area contributed by atoms with Crippen molar-refractivity contribution in [1.82, 2.24) is 9.71 Å². The van der Waals surface area contributed by atoms with Crippen LogP contribution < -0.4 is 10.0 Å². The van der Waals surface area contributed by atoms with E-state index in [1.165, 1.54) is 18.3 Å². The molecule has 1 aromatic carbocycles. The van der Waals surface area contributed by atoms with Gasteiger partial charge in [0.05, 0.1) is 5.41 Å². The second kappa shape index (κ2) is 7.63. The molecule has 1 heterocycles. The van der Waals surface area contributed by atoms with Crippen LogP contribution >= 0.6 is 0 Å². The van der Waals surface area contributed by atoms with Crippen molar-refractivity contribution >= 4 is 21.7 Å². The zero-order chi connectivity index (χ0) is 21.3. The molecule has 0 spiro atoms. The van der Waals surface area contributed by atoms with Crippen LogP contribution in [0.1, 0.15) is 32.8 Å². The van der Waals surface area contributed by atoms with Gasteiger partial charge in [0.2, 0.25) is 5.91 Å². The minimum atomic E-state index is -4.09. The number of pyridine rings is 1. The highest BCUT2D eigenvalue weighted by Crippen LogP contribution is 2.64. The Morgan fingerprint density at radius 2 is 1.93 bits per heavy atom. The standard InChI is InChI=1S/C22H27N3O3S/c1-5-17-14-22(17,21(2,3)4)20(26)25-29(27,28)18-12-9-13-23-19(18)24-15-16-10-7-6-8-11-16/h5-13,17H,1,14-15H2,2-4H3,(H,23,24)(H,25,26)/t17-,22-/m1/s1. The van der Waals surface area contributed by atoms with E-state index < -0.39 is 26.8 Å². The van der Waals surface area contributed by atoms with Crippen LogP contribution in [0.5, 0.6) is 0 Å². The average Bonchev–Trinajstić information content (AvgIpc) is 3.43. The smallest absolute Gasteiger partial charge is 0.267 e. The highest BCUT2D eigenvalue weighted by atomic mass is 32.2. The fourth-order valence-electron chi connectivity index (χ4n) is 3.83. The molecule has 1 saturated carbocycles. The molecule has 2 N–H and O–H groups in total. The number of aromatic nitrogens is 1. The molecule has 1 amide bonds. The van der Waals surface area contributed by atoms with Gasteiger partial charge in [0.25, 0.3) is 10.0 Å². The Morgan fingerprint density at radius 3 is 2.52 bits per heavy atom. The van der Waals surface area contributed by atoms with Gasteiger partial charge >= 0.3 is 0 Å². The topological polar surface area (TPSA) is 88.2 Å². The van der Waals surface area contributed by atoms with E-state index in [0.29, 0.717) is 13.0 Å². The highest BCUT2D eigenvalue weighted by molar-refractivity contribution is 7.90. The third-order valence-electron chi connectivity index (χ3n) is 5.63. The predicted octanol–water partition coefficient (Wildman–Crippen LogP) is 3.74. The predicted molar refractivity (Wildman–Crippen MR) is 114 cm³/mol. The number of nitrogens with one attached hydrogen (secondary N) is 2. The van der Waals surface area contributed by atoms with Crippen LogP contribution in [0.3, 0.4) is 0 Å². The molecule has 29 heavy (non-hydrogen) atoms. The molecule has 154 valence electrons. The van der Waals surface area contributed by atoms with Gasteiger partial charge in [-0.3, -0.25) is 4.79 Å². The van der Waals surface area contributed by atoms with Crippen LogP contribution in [0, 0.1) is 16.7 Å². The lowest BCUT2D eigenvalue weighted by Gasteiger charge is -2.30. The van der Waals surface area contributed by atoms with Crippen LogP contribution in [0.15, 0.2) is 66.2 Å². The third kappa shape index (κ3) is 4.05. The van der Waals surface area contributed by atoms with Gasteiger partial charge in [-0.15, -0.1) is 6.58 Å². The maximum atomic E-state index is 13.0. The Hall–Kier alpha value is -2.67. The van der Waals surface area contributed by atoms with E-state index >= 15 is 0 Å². The summed E-state index contributed by atoms with van der Waals surface area (Å²) < 4.78 is 28.4. The van der Waals surface area contributed by atoms with Crippen molar-refractivity contribution in [3.05, 3.63) is 66.9 Å². The first-order chi connectivity index (χ1) is 13.6. The van der Waals surface area contributed by atoms with Crippen LogP contribution in [-0.2, 0) is 21.4 Å². The Morgan fingerprint density at radius 1 is 1.24 bits per heavy atom. The van der Waals surface area contributed by atoms with Crippen molar-refractivity contribution in [2.24, 2.45) is 16.7 Å². The summed E-state index contributed by atoms with van der Waals surface area (Å²) in [6, 6.07) is 12.6. The van der Waals surface area contributed by atoms with Crippen molar-refractivity contribution in [3.8, 4) is 0 Å². The maximum Gasteiger partial charge on any atom is 0.267 e. The Balaban J connectivity index is 1.83. The summed E-state index contributed by atoms with van der Waals surface area (Å²) in [5.74, 6) is -0.326. The Kier molecular flexibility index (Phi) is 5.54. The van der Waals surface area contributed by atoms with Gasteiger partial charge in [0.1, 0.15) is 10.7 Å². The first kappa shape index (κ1) is 21.0. The fourth-order valence-corrected chi connectivity index (χ4v) is 5.00. The van der Waals surface area contributed by atoms with Crippen molar-refractivity contribution in [1.29, 1.82) is 0 Å². The number of carbonyl (C=O) groups excluding carboxylic acids is 1. The minimum Gasteiger partial charge on any atom is -0.365 e. The summed E-state index contributed by atoms with van der Waals surface area (Å²) in [6.45, 7) is 10.0. The van der Waals surface area contributed by atoms with E-state index in [2.05, 4.69) is 21.6 Å². The average molecular weight is 414 g/mol. The summed E-state index contributed by atoms with van der Waals surface area (Å²) in [4.78, 5) is 17.2. The molecule has 7 heteroatoms. The molecule has 0 unspecified atom stereocenters. The summed E-state index contributed by atoms with van der Waals surface area (Å²) in [6.07, 6.45) is 3.83. The highest BCUT2D eigenvalue weighted by Gasteiger charge is 2.65. The molecule has 1 aromatic heterocycles. The molecule has 0 bridgehead atoms. The SMILES string of the molecule is C=C[C@@H]1C[C@@]1(C(=O)NS(=O)(=O)c1cccnc1NCc1ccccc1)C(C)(C)C. The van der Waals surface area contributed by atoms with Crippen molar-refractivity contribution in [2.75, 3.05) is 5.32 Å². The number of hydrogen-bond donors (Lipinski definition) is 2. The zero-order valence-electron chi connectivity index (χ0n) is 17.0. The molecule has 1 aliphatic carbocycles. The Bertz CT molecular complexity index is 1010. The molecule has 0 aliphatic heterocycles. The van der Waals surface area contributed by atoms with Gasteiger partial charge in [-0.2, -0.15) is 0 Å². The van der Waals surface area contributed by atoms with Crippen LogP contribution in [0.4, 0.5) is 5.82 Å². The number of benzene rings is 1. The van der Waals surface area contributed by atoms with E-state index in [1.54, 1.807) is 6.08 Å². The lowest BCUT2D eigenvalue weighted by Crippen LogP contribution is -2.43. The first-order valence-electron chi connectivity index (χ1n) is 9.54. The lowest BCUT2D eigenvalue weighted by atomic mass is 9.75. The molecular formula is C22H27N3O3S.